The highest BCUT2D eigenvalue weighted by molar-refractivity contribution is 7.91. The Morgan fingerprint density at radius 2 is 1.93 bits per heavy atom. The number of carbonyl (C=O) groups excluding carboxylic acids is 2. The largest absolute Gasteiger partial charge is 0.493 e. The Morgan fingerprint density at radius 3 is 2.47 bits per heavy atom. The van der Waals surface area contributed by atoms with Crippen LogP contribution in [0.5, 0.6) is 11.5 Å². The first-order valence-electron chi connectivity index (χ1n) is 9.32. The summed E-state index contributed by atoms with van der Waals surface area (Å²) in [4.78, 5) is 26.4. The van der Waals surface area contributed by atoms with Crippen molar-refractivity contribution in [1.29, 1.82) is 0 Å². The van der Waals surface area contributed by atoms with Gasteiger partial charge in [0.05, 0.1) is 24.2 Å². The molecular formula is C19H25F2NO7S. The van der Waals surface area contributed by atoms with Crippen molar-refractivity contribution >= 4 is 21.7 Å². The summed E-state index contributed by atoms with van der Waals surface area (Å²) in [5.41, 5.74) is -0.0138. The molecule has 1 heterocycles. The van der Waals surface area contributed by atoms with Crippen LogP contribution in [0, 0.1) is 5.92 Å². The molecule has 1 aliphatic rings. The van der Waals surface area contributed by atoms with Crippen LogP contribution in [-0.4, -0.2) is 69.6 Å². The minimum Gasteiger partial charge on any atom is -0.493 e. The average molecular weight is 449 g/mol. The number of ether oxygens (including phenoxy) is 3. The highest BCUT2D eigenvalue weighted by Crippen LogP contribution is 2.29. The quantitative estimate of drug-likeness (QED) is 0.533. The topological polar surface area (TPSA) is 99.2 Å². The molecule has 0 N–H and O–H groups in total. The van der Waals surface area contributed by atoms with Gasteiger partial charge in [-0.25, -0.2) is 13.2 Å². The van der Waals surface area contributed by atoms with Gasteiger partial charge in [-0.3, -0.25) is 4.79 Å². The van der Waals surface area contributed by atoms with E-state index in [1.807, 2.05) is 13.8 Å². The van der Waals surface area contributed by atoms with Gasteiger partial charge in [0.1, 0.15) is 0 Å². The molecule has 0 saturated carbocycles. The maximum Gasteiger partial charge on any atom is 0.387 e. The molecule has 168 valence electrons. The third-order valence-electron chi connectivity index (χ3n) is 4.47. The number of methoxy groups -OCH3 is 1. The number of sulfone groups is 1. The third kappa shape index (κ3) is 6.54. The minimum absolute atomic E-state index is 0.0138. The molecule has 1 amide bonds. The number of benzene rings is 1. The van der Waals surface area contributed by atoms with Crippen LogP contribution in [0.25, 0.3) is 0 Å². The lowest BCUT2D eigenvalue weighted by atomic mass is 10.1. The summed E-state index contributed by atoms with van der Waals surface area (Å²) in [6.07, 6.45) is 0.345. The maximum atomic E-state index is 12.6. The average Bonchev–Trinajstić information content (AvgIpc) is 3.03. The van der Waals surface area contributed by atoms with Crippen LogP contribution >= 0.6 is 0 Å². The number of hydrogen-bond donors (Lipinski definition) is 0. The smallest absolute Gasteiger partial charge is 0.387 e. The van der Waals surface area contributed by atoms with Gasteiger partial charge in [-0.15, -0.1) is 0 Å². The molecule has 1 atom stereocenters. The van der Waals surface area contributed by atoms with E-state index in [9.17, 15) is 26.8 Å². The van der Waals surface area contributed by atoms with Crippen molar-refractivity contribution < 1.29 is 41.0 Å². The Kier molecular flexibility index (Phi) is 7.99. The lowest BCUT2D eigenvalue weighted by Gasteiger charge is -2.29. The van der Waals surface area contributed by atoms with Crippen LogP contribution in [0.4, 0.5) is 8.78 Å². The molecule has 1 aromatic carbocycles. The summed E-state index contributed by atoms with van der Waals surface area (Å²) in [6, 6.07) is 3.06. The molecule has 0 aliphatic carbocycles. The van der Waals surface area contributed by atoms with E-state index >= 15 is 0 Å². The van der Waals surface area contributed by atoms with Crippen molar-refractivity contribution in [1.82, 2.24) is 4.90 Å². The van der Waals surface area contributed by atoms with Crippen LogP contribution in [0.3, 0.4) is 0 Å². The zero-order valence-corrected chi connectivity index (χ0v) is 17.8. The number of rotatable bonds is 9. The zero-order chi connectivity index (χ0) is 22.5. The Hall–Kier alpha value is -2.43. The number of halogens is 2. The molecular weight excluding hydrogens is 424 g/mol. The van der Waals surface area contributed by atoms with Gasteiger partial charge in [0.25, 0.3) is 5.91 Å². The molecule has 0 bridgehead atoms. The second kappa shape index (κ2) is 10.1. The van der Waals surface area contributed by atoms with E-state index in [4.69, 9.17) is 9.47 Å². The van der Waals surface area contributed by atoms with Crippen molar-refractivity contribution in [2.24, 2.45) is 5.92 Å². The van der Waals surface area contributed by atoms with E-state index in [0.717, 1.165) is 6.07 Å². The monoisotopic (exact) mass is 449 g/mol. The Balaban J connectivity index is 2.05. The predicted octanol–water partition coefficient (Wildman–Crippen LogP) is 2.13. The Bertz CT molecular complexity index is 874. The van der Waals surface area contributed by atoms with Crippen LogP contribution in [0.1, 0.15) is 30.6 Å². The van der Waals surface area contributed by atoms with Gasteiger partial charge < -0.3 is 19.1 Å². The van der Waals surface area contributed by atoms with Gasteiger partial charge in [-0.1, -0.05) is 13.8 Å². The standard InChI is InChI=1S/C19H25F2NO7S/c1-12(2)9-22(14-6-7-30(25,26)11-14)17(23)10-28-18(24)13-4-5-15(29-19(20)21)16(8-13)27-3/h4-5,8,12,14,19H,6-7,9-11H2,1-3H3/t14-/m0/s1. The Morgan fingerprint density at radius 1 is 1.23 bits per heavy atom. The predicted molar refractivity (Wildman–Crippen MR) is 104 cm³/mol. The van der Waals surface area contributed by atoms with E-state index in [0.29, 0.717) is 13.0 Å². The lowest BCUT2D eigenvalue weighted by Crippen LogP contribution is -2.45. The van der Waals surface area contributed by atoms with Gasteiger partial charge >= 0.3 is 12.6 Å². The molecule has 8 nitrogen and oxygen atoms in total. The highest BCUT2D eigenvalue weighted by atomic mass is 32.2. The summed E-state index contributed by atoms with van der Waals surface area (Å²) in [5, 5.41) is 0. The first-order valence-corrected chi connectivity index (χ1v) is 11.1. The third-order valence-corrected chi connectivity index (χ3v) is 6.22. The molecule has 1 saturated heterocycles. The molecule has 11 heteroatoms. The van der Waals surface area contributed by atoms with Gasteiger partial charge in [0.15, 0.2) is 27.9 Å². The van der Waals surface area contributed by atoms with Gasteiger partial charge in [0, 0.05) is 12.6 Å². The summed E-state index contributed by atoms with van der Waals surface area (Å²) in [7, 11) is -1.96. The SMILES string of the molecule is COc1cc(C(=O)OCC(=O)N(CC(C)C)[C@H]2CCS(=O)(=O)C2)ccc1OC(F)F. The normalized spacial score (nSPS) is 17.8. The second-order valence-electron chi connectivity index (χ2n) is 7.32. The summed E-state index contributed by atoms with van der Waals surface area (Å²) in [5.74, 6) is -1.68. The van der Waals surface area contributed by atoms with Gasteiger partial charge in [-0.2, -0.15) is 8.78 Å². The van der Waals surface area contributed by atoms with Crippen molar-refractivity contribution in [3.05, 3.63) is 23.8 Å². The zero-order valence-electron chi connectivity index (χ0n) is 17.0. The number of hydrogen-bond acceptors (Lipinski definition) is 7. The van der Waals surface area contributed by atoms with Crippen molar-refractivity contribution in [3.63, 3.8) is 0 Å². The number of amides is 1. The van der Waals surface area contributed by atoms with Gasteiger partial charge in [-0.05, 0) is 30.5 Å². The summed E-state index contributed by atoms with van der Waals surface area (Å²) >= 11 is 0. The van der Waals surface area contributed by atoms with Crippen molar-refractivity contribution in [2.75, 3.05) is 31.8 Å². The number of carbonyl (C=O) groups is 2. The van der Waals surface area contributed by atoms with Crippen LogP contribution in [-0.2, 0) is 19.4 Å². The van der Waals surface area contributed by atoms with E-state index in [1.165, 1.54) is 24.1 Å². The lowest BCUT2D eigenvalue weighted by molar-refractivity contribution is -0.137. The fraction of sp³-hybridized carbons (Fsp3) is 0.579. The van der Waals surface area contributed by atoms with E-state index in [2.05, 4.69) is 4.74 Å². The van der Waals surface area contributed by atoms with E-state index in [1.54, 1.807) is 0 Å². The van der Waals surface area contributed by atoms with Crippen molar-refractivity contribution in [3.8, 4) is 11.5 Å². The molecule has 0 spiro atoms. The van der Waals surface area contributed by atoms with Crippen LogP contribution in [0.15, 0.2) is 18.2 Å². The number of alkyl halides is 2. The van der Waals surface area contributed by atoms with Crippen LogP contribution < -0.4 is 9.47 Å². The number of esters is 1. The molecule has 1 aliphatic heterocycles. The first-order chi connectivity index (χ1) is 14.0. The summed E-state index contributed by atoms with van der Waals surface area (Å²) in [6.45, 7) is 0.500. The van der Waals surface area contributed by atoms with E-state index < -0.39 is 41.0 Å². The fourth-order valence-corrected chi connectivity index (χ4v) is 4.88. The first kappa shape index (κ1) is 23.8. The van der Waals surface area contributed by atoms with Crippen LogP contribution in [0.2, 0.25) is 0 Å². The summed E-state index contributed by atoms with van der Waals surface area (Å²) < 4.78 is 62.6. The Labute approximate surface area is 174 Å². The maximum absolute atomic E-state index is 12.6. The minimum atomic E-state index is -3.19. The van der Waals surface area contributed by atoms with E-state index in [-0.39, 0.29) is 34.5 Å². The second-order valence-corrected chi connectivity index (χ2v) is 9.55. The molecule has 0 aromatic heterocycles. The van der Waals surface area contributed by atoms with Crippen molar-refractivity contribution in [2.45, 2.75) is 32.9 Å². The van der Waals surface area contributed by atoms with Gasteiger partial charge in [0.2, 0.25) is 0 Å². The molecule has 1 aromatic rings. The molecule has 30 heavy (non-hydrogen) atoms. The molecule has 1 fully saturated rings. The highest BCUT2D eigenvalue weighted by Gasteiger charge is 2.35. The fourth-order valence-electron chi connectivity index (χ4n) is 3.15. The number of nitrogens with zero attached hydrogens (tertiary/aromatic N) is 1. The molecule has 2 rings (SSSR count). The molecule has 0 radical (unpaired) electrons. The molecule has 0 unspecified atom stereocenters.